The van der Waals surface area contributed by atoms with Crippen molar-refractivity contribution < 1.29 is 29.6 Å². The molecule has 406 valence electrons. The molecule has 10 heteroatoms. The van der Waals surface area contributed by atoms with Gasteiger partial charge in [-0.15, -0.1) is 0 Å². The van der Waals surface area contributed by atoms with Crippen molar-refractivity contribution in [3.8, 4) is 22.3 Å². The van der Waals surface area contributed by atoms with E-state index in [4.69, 9.17) is 9.84 Å². The first-order valence-electron chi connectivity index (χ1n) is 27.5. The summed E-state index contributed by atoms with van der Waals surface area (Å²) in [6.45, 7) is 17.6. The molecular formula is C67H80N2O6S2. The van der Waals surface area contributed by atoms with Crippen molar-refractivity contribution >= 4 is 47.6 Å². The number of rotatable bonds is 18. The van der Waals surface area contributed by atoms with E-state index in [-0.39, 0.29) is 29.6 Å². The number of carbonyl (C=O) groups is 2. The van der Waals surface area contributed by atoms with Gasteiger partial charge in [-0.25, -0.2) is 0 Å². The molecular weight excluding hydrogens is 993 g/mol. The first-order chi connectivity index (χ1) is 36.9. The summed E-state index contributed by atoms with van der Waals surface area (Å²) in [5, 5.41) is 31.0. The number of carboxylic acid groups (broad SMARTS) is 1. The van der Waals surface area contributed by atoms with Gasteiger partial charge in [0.25, 0.3) is 0 Å². The maximum absolute atomic E-state index is 11.8. The Morgan fingerprint density at radius 3 is 1.25 bits per heavy atom. The Balaban J connectivity index is 0.000000224. The third-order valence-corrected chi connectivity index (χ3v) is 18.6. The molecule has 0 saturated carbocycles. The number of carboxylic acids is 1. The lowest BCUT2D eigenvalue weighted by molar-refractivity contribution is -0.140. The van der Waals surface area contributed by atoms with Crippen LogP contribution in [0.3, 0.4) is 0 Å². The van der Waals surface area contributed by atoms with E-state index in [9.17, 15) is 19.8 Å². The second kappa shape index (κ2) is 26.2. The molecule has 0 spiro atoms. The minimum Gasteiger partial charge on any atom is -0.481 e. The van der Waals surface area contributed by atoms with Crippen molar-refractivity contribution in [3.63, 3.8) is 0 Å². The maximum atomic E-state index is 11.8. The van der Waals surface area contributed by atoms with Crippen molar-refractivity contribution in [3.05, 3.63) is 189 Å². The van der Waals surface area contributed by atoms with Crippen molar-refractivity contribution in [1.82, 2.24) is 9.97 Å². The van der Waals surface area contributed by atoms with E-state index in [1.807, 2.05) is 54.0 Å². The molecule has 2 aromatic heterocycles. The monoisotopic (exact) mass is 1070 g/mol. The zero-order valence-electron chi connectivity index (χ0n) is 46.9. The standard InChI is InChI=1S/C34H41NO3S.C33H39NO3S/c1-6-34(7-2,29-9-8-27(24(3)18-29)12-13-33(37)14-16-39-17-15-33)30-10-11-31(25(4)19-30)28-20-26(22-35-23-28)21-32(36)38-5;1-5-33(6-2,28-8-7-26(23(3)17-28)11-12-32(37)13-15-38-16-14-32)29-9-10-30(24(4)18-29)27-19-25(20-31(35)36)21-34-22-27/h8-13,18-20,22-23,37H,6-7,14-17,21H2,1-5H3;7-12,17-19,21-22,37H,5-6,13-16,20H2,1-4H3,(H,35,36)/b13-12+;12-11+. The molecule has 0 amide bonds. The molecule has 0 atom stereocenters. The van der Waals surface area contributed by atoms with Crippen LogP contribution in [0.25, 0.3) is 34.4 Å². The van der Waals surface area contributed by atoms with Gasteiger partial charge in [0.1, 0.15) is 0 Å². The zero-order chi connectivity index (χ0) is 55.4. The SMILES string of the molecule is CCC(CC)(c1ccc(/C=C/C2(O)CCSCC2)c(C)c1)c1ccc(-c2cncc(CC(=O)O)c2)c(C)c1.CCC(CC)(c1ccc(/C=C/C2(O)CCSCC2)c(C)c1)c1ccc(-c2cncc(CC(=O)OC)c2)c(C)c1. The van der Waals surface area contributed by atoms with Gasteiger partial charge in [-0.05, 0) is 192 Å². The summed E-state index contributed by atoms with van der Waals surface area (Å²) in [6, 6.07) is 30.9. The fourth-order valence-corrected chi connectivity index (χ4v) is 13.9. The fraction of sp³-hybridized carbons (Fsp3) is 0.403. The van der Waals surface area contributed by atoms with Crippen LogP contribution in [0.2, 0.25) is 0 Å². The number of pyridine rings is 2. The van der Waals surface area contributed by atoms with Crippen LogP contribution in [0.15, 0.2) is 122 Å². The van der Waals surface area contributed by atoms with Crippen LogP contribution in [0.1, 0.15) is 146 Å². The highest BCUT2D eigenvalue weighted by molar-refractivity contribution is 7.99. The van der Waals surface area contributed by atoms with Crippen LogP contribution in [0.4, 0.5) is 0 Å². The number of ether oxygens (including phenoxy) is 1. The number of aromatic nitrogens is 2. The number of esters is 1. The zero-order valence-corrected chi connectivity index (χ0v) is 48.5. The van der Waals surface area contributed by atoms with E-state index < -0.39 is 17.2 Å². The van der Waals surface area contributed by atoms with Crippen LogP contribution in [-0.4, -0.2) is 78.5 Å². The van der Waals surface area contributed by atoms with Crippen LogP contribution >= 0.6 is 23.5 Å². The quantitative estimate of drug-likeness (QED) is 0.0716. The molecule has 4 heterocycles. The minimum atomic E-state index is -0.854. The predicted molar refractivity (Wildman–Crippen MR) is 322 cm³/mol. The molecule has 2 aliphatic rings. The molecule has 0 unspecified atom stereocenters. The molecule has 0 aliphatic carbocycles. The van der Waals surface area contributed by atoms with Gasteiger partial charge in [0, 0.05) is 46.7 Å². The number of aliphatic carboxylic acids is 1. The number of hydrogen-bond acceptors (Lipinski definition) is 9. The minimum absolute atomic E-state index is 0.0321. The van der Waals surface area contributed by atoms with Crippen molar-refractivity contribution in [2.75, 3.05) is 30.1 Å². The Morgan fingerprint density at radius 2 is 0.909 bits per heavy atom. The molecule has 6 aromatic rings. The van der Waals surface area contributed by atoms with E-state index in [2.05, 4.69) is 150 Å². The Labute approximate surface area is 467 Å². The first kappa shape index (κ1) is 58.9. The lowest BCUT2D eigenvalue weighted by Gasteiger charge is -2.34. The average Bonchev–Trinajstić information content (AvgIpc) is 3.42. The number of carbonyl (C=O) groups excluding carboxylic acids is 1. The largest absolute Gasteiger partial charge is 0.481 e. The number of methoxy groups -OCH3 is 1. The molecule has 3 N–H and O–H groups in total. The Morgan fingerprint density at radius 1 is 0.545 bits per heavy atom. The van der Waals surface area contributed by atoms with E-state index in [0.717, 1.165) is 119 Å². The number of hydrogen-bond donors (Lipinski definition) is 3. The summed E-state index contributed by atoms with van der Waals surface area (Å²) in [4.78, 5) is 31.6. The van der Waals surface area contributed by atoms with Gasteiger partial charge in [-0.1, -0.05) is 125 Å². The van der Waals surface area contributed by atoms with Crippen LogP contribution in [-0.2, 0) is 38.0 Å². The topological polar surface area (TPSA) is 130 Å². The summed E-state index contributed by atoms with van der Waals surface area (Å²) in [5.41, 5.74) is 16.4. The van der Waals surface area contributed by atoms with Crippen LogP contribution in [0.5, 0.6) is 0 Å². The lowest BCUT2D eigenvalue weighted by atomic mass is 9.69. The van der Waals surface area contributed by atoms with Gasteiger partial charge >= 0.3 is 11.9 Å². The van der Waals surface area contributed by atoms with Gasteiger partial charge in [0.05, 0.1) is 31.2 Å². The number of aryl methyl sites for hydroxylation is 4. The highest BCUT2D eigenvalue weighted by Gasteiger charge is 2.34. The highest BCUT2D eigenvalue weighted by Crippen LogP contribution is 2.43. The van der Waals surface area contributed by atoms with E-state index in [1.165, 1.54) is 46.1 Å². The van der Waals surface area contributed by atoms with Gasteiger partial charge in [-0.3, -0.25) is 19.6 Å². The Kier molecular flexibility index (Phi) is 20.1. The maximum Gasteiger partial charge on any atom is 0.310 e. The number of aliphatic hydroxyl groups is 2. The van der Waals surface area contributed by atoms with Gasteiger partial charge in [0.15, 0.2) is 0 Å². The number of thioether (sulfide) groups is 2. The summed E-state index contributed by atoms with van der Waals surface area (Å²) >= 11 is 3.83. The van der Waals surface area contributed by atoms with Crippen LogP contribution < -0.4 is 0 Å². The van der Waals surface area contributed by atoms with Crippen molar-refractivity contribution in [1.29, 1.82) is 0 Å². The summed E-state index contributed by atoms with van der Waals surface area (Å²) in [6.07, 6.45) is 22.6. The third-order valence-electron chi connectivity index (χ3n) is 16.6. The Hall–Kier alpha value is -5.78. The van der Waals surface area contributed by atoms with Gasteiger partial charge < -0.3 is 20.1 Å². The smallest absolute Gasteiger partial charge is 0.310 e. The predicted octanol–water partition coefficient (Wildman–Crippen LogP) is 14.8. The average molecular weight is 1070 g/mol. The van der Waals surface area contributed by atoms with Gasteiger partial charge in [0.2, 0.25) is 0 Å². The summed E-state index contributed by atoms with van der Waals surface area (Å²) < 4.78 is 4.82. The molecule has 2 saturated heterocycles. The second-order valence-electron chi connectivity index (χ2n) is 21.4. The molecule has 8 rings (SSSR count). The molecule has 2 aliphatic heterocycles. The van der Waals surface area contributed by atoms with E-state index in [1.54, 1.807) is 18.6 Å². The first-order valence-corrected chi connectivity index (χ1v) is 29.8. The number of nitrogens with zero attached hydrogens (tertiary/aromatic N) is 2. The molecule has 8 nitrogen and oxygen atoms in total. The highest BCUT2D eigenvalue weighted by atomic mass is 32.2. The second-order valence-corrected chi connectivity index (χ2v) is 23.8. The molecule has 4 aromatic carbocycles. The molecule has 77 heavy (non-hydrogen) atoms. The normalized spacial score (nSPS) is 15.5. The summed E-state index contributed by atoms with van der Waals surface area (Å²) in [5.74, 6) is 2.93. The summed E-state index contributed by atoms with van der Waals surface area (Å²) in [7, 11) is 1.41. The third kappa shape index (κ3) is 14.1. The van der Waals surface area contributed by atoms with Crippen LogP contribution in [0, 0.1) is 27.7 Å². The molecule has 0 bridgehead atoms. The fourth-order valence-electron chi connectivity index (χ4n) is 11.5. The number of benzene rings is 4. The molecule has 0 radical (unpaired) electrons. The van der Waals surface area contributed by atoms with Crippen molar-refractivity contribution in [2.45, 2.75) is 142 Å². The molecule has 2 fully saturated rings. The van der Waals surface area contributed by atoms with E-state index >= 15 is 0 Å². The lowest BCUT2D eigenvalue weighted by Crippen LogP contribution is -2.30. The van der Waals surface area contributed by atoms with Gasteiger partial charge in [-0.2, -0.15) is 23.5 Å². The van der Waals surface area contributed by atoms with Crippen molar-refractivity contribution in [2.24, 2.45) is 0 Å². The Bertz CT molecular complexity index is 3070. The van der Waals surface area contributed by atoms with E-state index in [0.29, 0.717) is 5.56 Å².